The van der Waals surface area contributed by atoms with E-state index in [4.69, 9.17) is 28.2 Å². The standard InChI is InChI=1S/C23H20Cl2FN5/c1-3-4-17-21(23-29-18-12-14(26)6-8-19(18)30(23)2)22(31-20(28-17)9-10-27-31)13-5-7-15(24)16(25)11-13/h5-12,22,28H,3-4H2,1-2H3. The Bertz CT molecular complexity index is 1340. The molecule has 5 nitrogen and oxygen atoms in total. The van der Waals surface area contributed by atoms with Crippen LogP contribution in [0.1, 0.15) is 37.2 Å². The van der Waals surface area contributed by atoms with Gasteiger partial charge in [-0.2, -0.15) is 5.10 Å². The molecule has 0 saturated carbocycles. The Hall–Kier alpha value is -2.83. The van der Waals surface area contributed by atoms with Crippen molar-refractivity contribution >= 4 is 45.6 Å². The first kappa shape index (κ1) is 20.1. The highest BCUT2D eigenvalue weighted by atomic mass is 35.5. The van der Waals surface area contributed by atoms with Crippen molar-refractivity contribution in [1.29, 1.82) is 0 Å². The fourth-order valence-electron chi connectivity index (χ4n) is 4.24. The van der Waals surface area contributed by atoms with E-state index in [1.165, 1.54) is 12.1 Å². The number of fused-ring (bicyclic) bond motifs is 2. The summed E-state index contributed by atoms with van der Waals surface area (Å²) in [6.45, 7) is 2.14. The lowest BCUT2D eigenvalue weighted by atomic mass is 9.93. The van der Waals surface area contributed by atoms with Gasteiger partial charge in [0.05, 0.1) is 27.3 Å². The van der Waals surface area contributed by atoms with Crippen LogP contribution in [-0.2, 0) is 7.05 Å². The maximum atomic E-state index is 13.9. The molecule has 0 amide bonds. The fraction of sp³-hybridized carbons (Fsp3) is 0.217. The van der Waals surface area contributed by atoms with Gasteiger partial charge in [-0.3, -0.25) is 0 Å². The van der Waals surface area contributed by atoms with E-state index in [2.05, 4.69) is 17.3 Å². The number of hydrogen-bond acceptors (Lipinski definition) is 3. The van der Waals surface area contributed by atoms with E-state index >= 15 is 0 Å². The second-order valence-electron chi connectivity index (χ2n) is 7.63. The first-order chi connectivity index (χ1) is 15.0. The molecular weight excluding hydrogens is 436 g/mol. The fourth-order valence-corrected chi connectivity index (χ4v) is 4.54. The third-order valence-corrected chi connectivity index (χ3v) is 6.37. The molecule has 0 fully saturated rings. The second-order valence-corrected chi connectivity index (χ2v) is 8.45. The van der Waals surface area contributed by atoms with Gasteiger partial charge in [0.25, 0.3) is 0 Å². The lowest BCUT2D eigenvalue weighted by Crippen LogP contribution is -2.26. The van der Waals surface area contributed by atoms with Gasteiger partial charge in [0.1, 0.15) is 23.5 Å². The summed E-state index contributed by atoms with van der Waals surface area (Å²) in [4.78, 5) is 4.83. The van der Waals surface area contributed by atoms with Crippen molar-refractivity contribution in [2.24, 2.45) is 7.05 Å². The summed E-state index contributed by atoms with van der Waals surface area (Å²) in [5.41, 5.74) is 4.46. The van der Waals surface area contributed by atoms with Crippen LogP contribution in [0.15, 0.2) is 54.4 Å². The Kier molecular flexibility index (Phi) is 4.99. The molecule has 158 valence electrons. The van der Waals surface area contributed by atoms with E-state index in [0.29, 0.717) is 15.6 Å². The molecule has 5 rings (SSSR count). The Morgan fingerprint density at radius 1 is 1.10 bits per heavy atom. The number of allylic oxidation sites excluding steroid dienone is 2. The van der Waals surface area contributed by atoms with E-state index in [1.807, 2.05) is 34.5 Å². The molecule has 31 heavy (non-hydrogen) atoms. The maximum Gasteiger partial charge on any atom is 0.141 e. The van der Waals surface area contributed by atoms with Crippen LogP contribution in [0, 0.1) is 5.82 Å². The number of benzene rings is 2. The number of aryl methyl sites for hydroxylation is 1. The van der Waals surface area contributed by atoms with Crippen LogP contribution in [0.4, 0.5) is 10.2 Å². The molecule has 1 aliphatic rings. The summed E-state index contributed by atoms with van der Waals surface area (Å²) >= 11 is 12.6. The Labute approximate surface area is 189 Å². The molecule has 0 aliphatic carbocycles. The van der Waals surface area contributed by atoms with Crippen molar-refractivity contribution in [1.82, 2.24) is 19.3 Å². The van der Waals surface area contributed by atoms with Crippen LogP contribution in [0.5, 0.6) is 0 Å². The summed E-state index contributed by atoms with van der Waals surface area (Å²) < 4.78 is 17.8. The van der Waals surface area contributed by atoms with E-state index in [-0.39, 0.29) is 11.9 Å². The predicted octanol–water partition coefficient (Wildman–Crippen LogP) is 6.44. The summed E-state index contributed by atoms with van der Waals surface area (Å²) in [6, 6.07) is 12.0. The van der Waals surface area contributed by atoms with Gasteiger partial charge in [-0.05, 0) is 36.2 Å². The van der Waals surface area contributed by atoms with Crippen LogP contribution in [0.2, 0.25) is 10.0 Å². The minimum atomic E-state index is -0.308. The highest BCUT2D eigenvalue weighted by Gasteiger charge is 2.33. The monoisotopic (exact) mass is 455 g/mol. The van der Waals surface area contributed by atoms with E-state index in [9.17, 15) is 4.39 Å². The minimum Gasteiger partial charge on any atom is -0.343 e. The van der Waals surface area contributed by atoms with Gasteiger partial charge in [-0.15, -0.1) is 0 Å². The molecule has 3 heterocycles. The summed E-state index contributed by atoms with van der Waals surface area (Å²) in [5, 5.41) is 9.09. The van der Waals surface area contributed by atoms with Crippen LogP contribution < -0.4 is 5.32 Å². The first-order valence-corrected chi connectivity index (χ1v) is 10.8. The summed E-state index contributed by atoms with van der Waals surface area (Å²) in [7, 11) is 1.95. The third-order valence-electron chi connectivity index (χ3n) is 5.64. The highest BCUT2D eigenvalue weighted by Crippen LogP contribution is 2.43. The third kappa shape index (κ3) is 3.30. The number of anilines is 1. The molecule has 1 unspecified atom stereocenters. The van der Waals surface area contributed by atoms with Gasteiger partial charge < -0.3 is 9.88 Å². The van der Waals surface area contributed by atoms with Crippen molar-refractivity contribution in [3.8, 4) is 0 Å². The number of aromatic nitrogens is 4. The quantitative estimate of drug-likeness (QED) is 0.384. The topological polar surface area (TPSA) is 47.7 Å². The zero-order chi connectivity index (χ0) is 21.7. The largest absolute Gasteiger partial charge is 0.343 e. The van der Waals surface area contributed by atoms with E-state index in [1.54, 1.807) is 18.3 Å². The molecule has 0 radical (unpaired) electrons. The summed E-state index contributed by atoms with van der Waals surface area (Å²) in [6.07, 6.45) is 3.55. The smallest absolute Gasteiger partial charge is 0.141 e. The molecule has 1 aliphatic heterocycles. The molecule has 1 N–H and O–H groups in total. The maximum absolute atomic E-state index is 13.9. The van der Waals surface area contributed by atoms with Crippen molar-refractivity contribution in [2.75, 3.05) is 5.32 Å². The molecule has 0 bridgehead atoms. The number of rotatable bonds is 4. The number of nitrogens with one attached hydrogen (secondary N) is 1. The normalized spacial score (nSPS) is 16.0. The zero-order valence-corrected chi connectivity index (χ0v) is 18.5. The van der Waals surface area contributed by atoms with Gasteiger partial charge in [0.2, 0.25) is 0 Å². The van der Waals surface area contributed by atoms with Crippen molar-refractivity contribution in [3.05, 3.63) is 81.6 Å². The van der Waals surface area contributed by atoms with Gasteiger partial charge in [0.15, 0.2) is 0 Å². The average molecular weight is 456 g/mol. The number of nitrogens with zero attached hydrogens (tertiary/aromatic N) is 4. The van der Waals surface area contributed by atoms with Crippen molar-refractivity contribution < 1.29 is 4.39 Å². The SMILES string of the molecule is CCCC1=C(c2nc3cc(F)ccc3n2C)C(c2ccc(Cl)c(Cl)c2)n2nccc2N1. The average Bonchev–Trinajstić information content (AvgIpc) is 3.33. The van der Waals surface area contributed by atoms with Gasteiger partial charge in [-0.1, -0.05) is 42.6 Å². The lowest BCUT2D eigenvalue weighted by molar-refractivity contribution is 0.608. The van der Waals surface area contributed by atoms with Gasteiger partial charge in [0, 0.05) is 30.5 Å². The number of hydrogen-bond donors (Lipinski definition) is 1. The van der Waals surface area contributed by atoms with Gasteiger partial charge in [-0.25, -0.2) is 14.1 Å². The highest BCUT2D eigenvalue weighted by molar-refractivity contribution is 6.42. The van der Waals surface area contributed by atoms with Crippen molar-refractivity contribution in [2.45, 2.75) is 25.8 Å². The van der Waals surface area contributed by atoms with E-state index < -0.39 is 0 Å². The van der Waals surface area contributed by atoms with Crippen LogP contribution in [-0.4, -0.2) is 19.3 Å². The second kappa shape index (κ2) is 7.70. The molecule has 1 atom stereocenters. The Morgan fingerprint density at radius 3 is 2.71 bits per heavy atom. The van der Waals surface area contributed by atoms with E-state index in [0.717, 1.165) is 46.8 Å². The molecule has 4 aromatic rings. The van der Waals surface area contributed by atoms with Crippen molar-refractivity contribution in [3.63, 3.8) is 0 Å². The first-order valence-electron chi connectivity index (χ1n) is 10.1. The number of imidazole rings is 1. The number of halogens is 3. The molecular formula is C23H20Cl2FN5. The zero-order valence-electron chi connectivity index (χ0n) is 17.0. The minimum absolute atomic E-state index is 0.261. The predicted molar refractivity (Wildman–Crippen MR) is 123 cm³/mol. The lowest BCUT2D eigenvalue weighted by Gasteiger charge is -2.31. The van der Waals surface area contributed by atoms with Crippen LogP contribution in [0.25, 0.3) is 16.6 Å². The molecule has 2 aromatic carbocycles. The Balaban J connectivity index is 1.80. The van der Waals surface area contributed by atoms with Crippen LogP contribution in [0.3, 0.4) is 0 Å². The summed E-state index contributed by atoms with van der Waals surface area (Å²) in [5.74, 6) is 1.35. The Morgan fingerprint density at radius 2 is 1.94 bits per heavy atom. The molecule has 8 heteroatoms. The molecule has 0 saturated heterocycles. The van der Waals surface area contributed by atoms with Gasteiger partial charge >= 0.3 is 0 Å². The molecule has 0 spiro atoms. The van der Waals surface area contributed by atoms with Crippen LogP contribution >= 0.6 is 23.2 Å². The molecule has 2 aromatic heterocycles.